The van der Waals surface area contributed by atoms with Crippen LogP contribution in [-0.4, -0.2) is 29.8 Å². The van der Waals surface area contributed by atoms with E-state index in [0.717, 1.165) is 0 Å². The van der Waals surface area contributed by atoms with E-state index < -0.39 is 12.3 Å². The number of aliphatic hydroxyl groups excluding tert-OH is 1. The Bertz CT molecular complexity index is 204. The molecule has 0 aliphatic heterocycles. The van der Waals surface area contributed by atoms with Crippen molar-refractivity contribution in [2.75, 3.05) is 13.2 Å². The van der Waals surface area contributed by atoms with Gasteiger partial charge in [0.2, 0.25) is 5.91 Å². The van der Waals surface area contributed by atoms with Crippen LogP contribution in [0.25, 0.3) is 0 Å². The quantitative estimate of drug-likeness (QED) is 0.567. The molecule has 13 heavy (non-hydrogen) atoms. The normalized spacial score (nSPS) is 14.5. The van der Waals surface area contributed by atoms with E-state index in [4.69, 9.17) is 5.11 Å². The van der Waals surface area contributed by atoms with Gasteiger partial charge in [-0.2, -0.15) is 0 Å². The highest BCUT2D eigenvalue weighted by molar-refractivity contribution is 5.74. The summed E-state index contributed by atoms with van der Waals surface area (Å²) in [5, 5.41) is 13.4. The van der Waals surface area contributed by atoms with Crippen LogP contribution in [0.2, 0.25) is 0 Å². The van der Waals surface area contributed by atoms with Crippen LogP contribution in [0.15, 0.2) is 12.4 Å². The topological polar surface area (TPSA) is 61.4 Å². The van der Waals surface area contributed by atoms with Crippen LogP contribution >= 0.6 is 0 Å². The van der Waals surface area contributed by atoms with Gasteiger partial charge in [-0.1, -0.05) is 6.58 Å². The maximum atomic E-state index is 13.1. The van der Waals surface area contributed by atoms with Crippen LogP contribution in [0.4, 0.5) is 4.39 Å². The molecule has 0 aliphatic rings. The summed E-state index contributed by atoms with van der Waals surface area (Å²) in [6, 6.07) is 0. The fraction of sp³-hybridized carbons (Fsp3) is 0.625. The SMILES string of the molecule is C=C(NC[C@](C)(F)CO)NC(C)=O. The Morgan fingerprint density at radius 1 is 1.69 bits per heavy atom. The summed E-state index contributed by atoms with van der Waals surface area (Å²) in [6.45, 7) is 5.35. The molecular weight excluding hydrogens is 175 g/mol. The summed E-state index contributed by atoms with van der Waals surface area (Å²) in [7, 11) is 0. The molecule has 0 bridgehead atoms. The second kappa shape index (κ2) is 4.81. The Balaban J connectivity index is 3.76. The minimum Gasteiger partial charge on any atom is -0.393 e. The summed E-state index contributed by atoms with van der Waals surface area (Å²) >= 11 is 0. The van der Waals surface area contributed by atoms with Gasteiger partial charge in [0.1, 0.15) is 5.67 Å². The second-order valence-corrected chi connectivity index (χ2v) is 3.08. The van der Waals surface area contributed by atoms with E-state index >= 15 is 0 Å². The molecule has 4 nitrogen and oxygen atoms in total. The Kier molecular flexibility index (Phi) is 4.40. The number of aliphatic hydroxyl groups is 1. The molecule has 0 saturated carbocycles. The lowest BCUT2D eigenvalue weighted by Crippen LogP contribution is -2.40. The summed E-state index contributed by atoms with van der Waals surface area (Å²) in [6.07, 6.45) is 0. The third kappa shape index (κ3) is 6.10. The summed E-state index contributed by atoms with van der Waals surface area (Å²) in [4.78, 5) is 10.5. The van der Waals surface area contributed by atoms with Gasteiger partial charge in [0.25, 0.3) is 0 Å². The second-order valence-electron chi connectivity index (χ2n) is 3.08. The van der Waals surface area contributed by atoms with E-state index in [0.29, 0.717) is 0 Å². The number of carbonyl (C=O) groups excluding carboxylic acids is 1. The van der Waals surface area contributed by atoms with Crippen molar-refractivity contribution in [3.05, 3.63) is 12.4 Å². The lowest BCUT2D eigenvalue weighted by molar-refractivity contribution is -0.118. The number of rotatable bonds is 5. The smallest absolute Gasteiger partial charge is 0.222 e. The van der Waals surface area contributed by atoms with Crippen molar-refractivity contribution < 1.29 is 14.3 Å². The molecule has 0 aromatic carbocycles. The number of alkyl halides is 1. The third-order valence-corrected chi connectivity index (χ3v) is 1.33. The van der Waals surface area contributed by atoms with E-state index in [-0.39, 0.29) is 18.3 Å². The van der Waals surface area contributed by atoms with Gasteiger partial charge in [-0.05, 0) is 6.92 Å². The monoisotopic (exact) mass is 190 g/mol. The molecule has 0 rings (SSSR count). The number of halogens is 1. The van der Waals surface area contributed by atoms with E-state index in [9.17, 15) is 9.18 Å². The molecule has 0 spiro atoms. The van der Waals surface area contributed by atoms with Crippen molar-refractivity contribution in [1.29, 1.82) is 0 Å². The maximum Gasteiger partial charge on any atom is 0.222 e. The van der Waals surface area contributed by atoms with Gasteiger partial charge in [0, 0.05) is 6.92 Å². The minimum absolute atomic E-state index is 0.0946. The molecule has 0 saturated heterocycles. The van der Waals surface area contributed by atoms with Gasteiger partial charge in [-0.25, -0.2) is 4.39 Å². The van der Waals surface area contributed by atoms with E-state index in [1.165, 1.54) is 13.8 Å². The Labute approximate surface area is 76.8 Å². The first kappa shape index (κ1) is 11.9. The first-order chi connectivity index (χ1) is 5.87. The molecule has 76 valence electrons. The summed E-state index contributed by atoms with van der Waals surface area (Å²) in [5.74, 6) is -0.0492. The molecule has 1 atom stereocenters. The molecule has 0 unspecified atom stereocenters. The van der Waals surface area contributed by atoms with Crippen molar-refractivity contribution >= 4 is 5.91 Å². The number of hydrogen-bond acceptors (Lipinski definition) is 3. The van der Waals surface area contributed by atoms with Gasteiger partial charge in [-0.15, -0.1) is 0 Å². The van der Waals surface area contributed by atoms with Crippen molar-refractivity contribution in [3.8, 4) is 0 Å². The molecule has 0 aromatic rings. The van der Waals surface area contributed by atoms with Crippen molar-refractivity contribution in [1.82, 2.24) is 10.6 Å². The average molecular weight is 190 g/mol. The highest BCUT2D eigenvalue weighted by Gasteiger charge is 2.21. The lowest BCUT2D eigenvalue weighted by Gasteiger charge is -2.19. The molecule has 5 heteroatoms. The Morgan fingerprint density at radius 2 is 2.23 bits per heavy atom. The number of hydrogen-bond donors (Lipinski definition) is 3. The zero-order chi connectivity index (χ0) is 10.5. The molecule has 0 aromatic heterocycles. The van der Waals surface area contributed by atoms with Gasteiger partial charge in [0.05, 0.1) is 19.0 Å². The number of carbonyl (C=O) groups is 1. The zero-order valence-corrected chi connectivity index (χ0v) is 7.85. The standard InChI is InChI=1S/C8H15FN2O2/c1-6(11-7(2)13)10-4-8(3,9)5-12/h10,12H,1,4-5H2,2-3H3,(H,11,13)/t8-/m0/s1. The van der Waals surface area contributed by atoms with Crippen molar-refractivity contribution in [2.24, 2.45) is 0 Å². The maximum absolute atomic E-state index is 13.1. The molecule has 0 aliphatic carbocycles. The van der Waals surface area contributed by atoms with Gasteiger partial charge < -0.3 is 15.7 Å². The largest absolute Gasteiger partial charge is 0.393 e. The predicted octanol–water partition coefficient (Wildman–Crippen LogP) is -0.0962. The fourth-order valence-electron chi connectivity index (χ4n) is 0.604. The van der Waals surface area contributed by atoms with Gasteiger partial charge in [0.15, 0.2) is 0 Å². The minimum atomic E-state index is -1.71. The van der Waals surface area contributed by atoms with E-state index in [1.807, 2.05) is 0 Å². The highest BCUT2D eigenvalue weighted by Crippen LogP contribution is 2.06. The van der Waals surface area contributed by atoms with Gasteiger partial charge in [-0.3, -0.25) is 4.79 Å². The molecule has 1 amide bonds. The van der Waals surface area contributed by atoms with Crippen LogP contribution in [0.3, 0.4) is 0 Å². The van der Waals surface area contributed by atoms with Crippen LogP contribution < -0.4 is 10.6 Å². The molecule has 0 heterocycles. The summed E-state index contributed by atoms with van der Waals surface area (Å²) < 4.78 is 13.1. The lowest BCUT2D eigenvalue weighted by atomic mass is 10.1. The van der Waals surface area contributed by atoms with E-state index in [2.05, 4.69) is 17.2 Å². The van der Waals surface area contributed by atoms with Crippen LogP contribution in [0.5, 0.6) is 0 Å². The summed E-state index contributed by atoms with van der Waals surface area (Å²) in [5.41, 5.74) is -1.71. The van der Waals surface area contributed by atoms with Crippen LogP contribution in [0, 0.1) is 0 Å². The first-order valence-electron chi connectivity index (χ1n) is 3.87. The fourth-order valence-corrected chi connectivity index (χ4v) is 0.604. The molecule has 0 radical (unpaired) electrons. The highest BCUT2D eigenvalue weighted by atomic mass is 19.1. The molecular formula is C8H15FN2O2. The van der Waals surface area contributed by atoms with E-state index in [1.54, 1.807) is 0 Å². The Morgan fingerprint density at radius 3 is 2.62 bits per heavy atom. The number of amides is 1. The van der Waals surface area contributed by atoms with Crippen molar-refractivity contribution in [2.45, 2.75) is 19.5 Å². The van der Waals surface area contributed by atoms with Crippen molar-refractivity contribution in [3.63, 3.8) is 0 Å². The molecule has 3 N–H and O–H groups in total. The molecule has 0 fully saturated rings. The zero-order valence-electron chi connectivity index (χ0n) is 7.85. The first-order valence-corrected chi connectivity index (χ1v) is 3.87. The van der Waals surface area contributed by atoms with Gasteiger partial charge >= 0.3 is 0 Å². The third-order valence-electron chi connectivity index (χ3n) is 1.33. The number of nitrogens with one attached hydrogen (secondary N) is 2. The van der Waals surface area contributed by atoms with Crippen LogP contribution in [0.1, 0.15) is 13.8 Å². The predicted molar refractivity (Wildman–Crippen MR) is 47.6 cm³/mol. The van der Waals surface area contributed by atoms with Crippen LogP contribution in [-0.2, 0) is 4.79 Å². The average Bonchev–Trinajstić information content (AvgIpc) is 2.00. The Hall–Kier alpha value is -1.10.